The minimum atomic E-state index is -1.04. The molecule has 2 aromatic carbocycles. The molecule has 0 radical (unpaired) electrons. The Morgan fingerprint density at radius 2 is 1.76 bits per heavy atom. The van der Waals surface area contributed by atoms with Crippen LogP contribution in [0.2, 0.25) is 0 Å². The molecule has 0 aliphatic carbocycles. The van der Waals surface area contributed by atoms with Crippen LogP contribution < -0.4 is 20.3 Å². The second-order valence-electron chi connectivity index (χ2n) is 8.43. The lowest BCUT2D eigenvalue weighted by Crippen LogP contribution is -2.47. The Bertz CT molecular complexity index is 1350. The molecule has 2 aromatic heterocycles. The van der Waals surface area contributed by atoms with Crippen LogP contribution in [0.3, 0.4) is 0 Å². The average Bonchev–Trinajstić information content (AvgIpc) is 3.65. The molecule has 9 heteroatoms. The molecule has 0 fully saturated rings. The Labute approximate surface area is 225 Å². The van der Waals surface area contributed by atoms with E-state index in [4.69, 9.17) is 9.15 Å². The van der Waals surface area contributed by atoms with Gasteiger partial charge in [0.25, 0.3) is 5.91 Å². The monoisotopic (exact) mass is 531 g/mol. The quantitative estimate of drug-likeness (QED) is 0.288. The summed E-state index contributed by atoms with van der Waals surface area (Å²) in [5, 5.41) is 7.37. The van der Waals surface area contributed by atoms with E-state index < -0.39 is 17.9 Å². The highest BCUT2D eigenvalue weighted by molar-refractivity contribution is 7.12. The molecule has 2 N–H and O–H groups in total. The second kappa shape index (κ2) is 12.7. The number of rotatable bonds is 11. The fraction of sp³-hybridized carbons (Fsp3) is 0.207. The number of nitrogens with one attached hydrogen (secondary N) is 2. The summed E-state index contributed by atoms with van der Waals surface area (Å²) in [6, 6.07) is 20.4. The van der Waals surface area contributed by atoms with Crippen molar-refractivity contribution in [3.63, 3.8) is 0 Å². The van der Waals surface area contributed by atoms with Gasteiger partial charge >= 0.3 is 0 Å². The van der Waals surface area contributed by atoms with E-state index in [2.05, 4.69) is 10.6 Å². The maximum Gasteiger partial charge on any atom is 0.261 e. The van der Waals surface area contributed by atoms with Gasteiger partial charge in [-0.05, 0) is 55.1 Å². The molecule has 196 valence electrons. The lowest BCUT2D eigenvalue weighted by molar-refractivity contribution is -0.126. The Morgan fingerprint density at radius 3 is 2.45 bits per heavy atom. The Kier molecular flexibility index (Phi) is 8.94. The van der Waals surface area contributed by atoms with Crippen LogP contribution in [-0.2, 0) is 16.1 Å². The Balaban J connectivity index is 1.72. The van der Waals surface area contributed by atoms with Gasteiger partial charge < -0.3 is 19.8 Å². The number of nitrogens with zero attached hydrogens (tertiary/aromatic N) is 1. The molecule has 1 atom stereocenters. The number of para-hydroxylation sites is 2. The van der Waals surface area contributed by atoms with Crippen molar-refractivity contribution in [2.24, 2.45) is 0 Å². The summed E-state index contributed by atoms with van der Waals surface area (Å²) >= 11 is 1.28. The van der Waals surface area contributed by atoms with E-state index in [-0.39, 0.29) is 19.0 Å². The molecule has 3 amide bonds. The van der Waals surface area contributed by atoms with Gasteiger partial charge in [-0.15, -0.1) is 11.3 Å². The van der Waals surface area contributed by atoms with Crippen molar-refractivity contribution in [2.45, 2.75) is 26.4 Å². The fourth-order valence-corrected chi connectivity index (χ4v) is 4.58. The van der Waals surface area contributed by atoms with Gasteiger partial charge in [0, 0.05) is 0 Å². The number of anilines is 1. The number of carbonyl (C=O) groups is 3. The minimum Gasteiger partial charge on any atom is -0.492 e. The second-order valence-corrected chi connectivity index (χ2v) is 9.38. The highest BCUT2D eigenvalue weighted by Gasteiger charge is 2.34. The number of thiophene rings is 1. The summed E-state index contributed by atoms with van der Waals surface area (Å²) in [6.45, 7) is 4.00. The normalized spacial score (nSPS) is 11.4. The summed E-state index contributed by atoms with van der Waals surface area (Å²) in [5.74, 6) is -0.212. The summed E-state index contributed by atoms with van der Waals surface area (Å²) in [5.41, 5.74) is 2.04. The van der Waals surface area contributed by atoms with Gasteiger partial charge in [-0.25, -0.2) is 0 Å². The zero-order valence-electron chi connectivity index (χ0n) is 21.2. The third kappa shape index (κ3) is 6.49. The van der Waals surface area contributed by atoms with Crippen LogP contribution in [0.25, 0.3) is 0 Å². The maximum atomic E-state index is 13.9. The lowest BCUT2D eigenvalue weighted by atomic mass is 10.0. The number of furan rings is 1. The maximum absolute atomic E-state index is 13.9. The topological polar surface area (TPSA) is 101 Å². The molecule has 4 aromatic rings. The van der Waals surface area contributed by atoms with Crippen molar-refractivity contribution >= 4 is 34.7 Å². The van der Waals surface area contributed by atoms with Crippen molar-refractivity contribution in [1.82, 2.24) is 10.6 Å². The van der Waals surface area contributed by atoms with Gasteiger partial charge in [-0.3, -0.25) is 19.3 Å². The van der Waals surface area contributed by atoms with E-state index in [1.807, 2.05) is 38.1 Å². The number of ether oxygens (including phenoxy) is 1. The van der Waals surface area contributed by atoms with E-state index in [0.29, 0.717) is 34.2 Å². The zero-order chi connectivity index (χ0) is 26.9. The molecule has 4 rings (SSSR count). The molecular formula is C29H29N3O5S. The number of aryl methyl sites for hydroxylation is 1. The van der Waals surface area contributed by atoms with Crippen molar-refractivity contribution in [2.75, 3.05) is 18.1 Å². The van der Waals surface area contributed by atoms with E-state index in [1.54, 1.807) is 53.9 Å². The number of amides is 3. The third-order valence-corrected chi connectivity index (χ3v) is 6.62. The minimum absolute atomic E-state index is 0.151. The van der Waals surface area contributed by atoms with Crippen LogP contribution in [0.5, 0.6) is 5.75 Å². The molecule has 8 nitrogen and oxygen atoms in total. The zero-order valence-corrected chi connectivity index (χ0v) is 22.0. The summed E-state index contributed by atoms with van der Waals surface area (Å²) in [4.78, 5) is 42.1. The SMILES string of the molecule is CCOc1ccccc1N(C(=O)CNC(=O)c1cccs1)C(C(=O)NCc1ccco1)c1ccc(C)cc1. The first-order valence-corrected chi connectivity index (χ1v) is 13.1. The molecule has 38 heavy (non-hydrogen) atoms. The molecule has 0 aliphatic heterocycles. The average molecular weight is 532 g/mol. The predicted octanol–water partition coefficient (Wildman–Crippen LogP) is 4.87. The van der Waals surface area contributed by atoms with Gasteiger partial charge in [0.15, 0.2) is 0 Å². The molecule has 1 unspecified atom stereocenters. The van der Waals surface area contributed by atoms with Gasteiger partial charge in [-0.2, -0.15) is 0 Å². The van der Waals surface area contributed by atoms with Gasteiger partial charge in [-0.1, -0.05) is 48.0 Å². The van der Waals surface area contributed by atoms with E-state index in [0.717, 1.165) is 5.56 Å². The largest absolute Gasteiger partial charge is 0.492 e. The Morgan fingerprint density at radius 1 is 0.974 bits per heavy atom. The van der Waals surface area contributed by atoms with Crippen LogP contribution in [0.15, 0.2) is 88.9 Å². The summed E-state index contributed by atoms with van der Waals surface area (Å²) in [7, 11) is 0. The highest BCUT2D eigenvalue weighted by atomic mass is 32.1. The lowest BCUT2D eigenvalue weighted by Gasteiger charge is -2.32. The number of hydrogen-bond acceptors (Lipinski definition) is 6. The van der Waals surface area contributed by atoms with Crippen LogP contribution in [-0.4, -0.2) is 30.9 Å². The molecular weight excluding hydrogens is 502 g/mol. The first-order chi connectivity index (χ1) is 18.5. The third-order valence-electron chi connectivity index (χ3n) is 5.76. The van der Waals surface area contributed by atoms with Gasteiger partial charge in [0.2, 0.25) is 11.8 Å². The number of carbonyl (C=O) groups excluding carboxylic acids is 3. The molecule has 0 aliphatic rings. The van der Waals surface area contributed by atoms with Crippen LogP contribution in [0.1, 0.15) is 39.5 Å². The summed E-state index contributed by atoms with van der Waals surface area (Å²) < 4.78 is 11.2. The Hall–Kier alpha value is -4.37. The number of benzene rings is 2. The van der Waals surface area contributed by atoms with Crippen molar-refractivity contribution in [3.8, 4) is 5.75 Å². The standard InChI is InChI=1S/C29H29N3O5S/c1-3-36-24-10-5-4-9-23(24)32(26(33)19-31-28(34)25-11-7-17-38-25)27(21-14-12-20(2)13-15-21)29(35)30-18-22-8-6-16-37-22/h4-17,27H,3,18-19H2,1-2H3,(H,30,35)(H,31,34). The van der Waals surface area contributed by atoms with Crippen molar-refractivity contribution < 1.29 is 23.5 Å². The van der Waals surface area contributed by atoms with E-state index in [1.165, 1.54) is 22.5 Å². The molecule has 0 saturated carbocycles. The van der Waals surface area contributed by atoms with Crippen LogP contribution >= 0.6 is 11.3 Å². The first kappa shape index (κ1) is 26.7. The van der Waals surface area contributed by atoms with Crippen molar-refractivity contribution in [3.05, 3.63) is 106 Å². The summed E-state index contributed by atoms with van der Waals surface area (Å²) in [6.07, 6.45) is 1.53. The predicted molar refractivity (Wildman–Crippen MR) is 146 cm³/mol. The van der Waals surface area contributed by atoms with Gasteiger partial charge in [0.05, 0.1) is 36.5 Å². The van der Waals surface area contributed by atoms with Gasteiger partial charge in [0.1, 0.15) is 17.6 Å². The smallest absolute Gasteiger partial charge is 0.261 e. The fourth-order valence-electron chi connectivity index (χ4n) is 3.94. The van der Waals surface area contributed by atoms with E-state index >= 15 is 0 Å². The number of hydrogen-bond donors (Lipinski definition) is 2. The van der Waals surface area contributed by atoms with Crippen LogP contribution in [0.4, 0.5) is 5.69 Å². The molecule has 0 spiro atoms. The highest BCUT2D eigenvalue weighted by Crippen LogP contribution is 2.35. The molecule has 0 saturated heterocycles. The van der Waals surface area contributed by atoms with Crippen molar-refractivity contribution in [1.29, 1.82) is 0 Å². The molecule has 0 bridgehead atoms. The van der Waals surface area contributed by atoms with Crippen LogP contribution in [0, 0.1) is 6.92 Å². The first-order valence-electron chi connectivity index (χ1n) is 12.2. The molecule has 2 heterocycles. The van der Waals surface area contributed by atoms with E-state index in [9.17, 15) is 14.4 Å².